The number of carbonyl (C=O) groups excluding carboxylic acids is 1. The summed E-state index contributed by atoms with van der Waals surface area (Å²) in [5.74, 6) is 0.0567. The molecular formula is C23H21N3O4S. The number of aliphatic imine (C=N–C) groups is 1. The van der Waals surface area contributed by atoms with E-state index in [-0.39, 0.29) is 12.4 Å². The molecule has 0 radical (unpaired) electrons. The Morgan fingerprint density at radius 1 is 1.23 bits per heavy atom. The van der Waals surface area contributed by atoms with Crippen molar-refractivity contribution in [3.63, 3.8) is 0 Å². The van der Waals surface area contributed by atoms with Gasteiger partial charge in [0, 0.05) is 22.5 Å². The van der Waals surface area contributed by atoms with Crippen LogP contribution in [0.25, 0.3) is 11.6 Å². The SMILES string of the molecule is CCOc1ccc(NC(=O)Cn2c(O)c(/C=C3/C(C)=Nc4ccccc43)sc2=O)cc1. The van der Waals surface area contributed by atoms with Gasteiger partial charge in [-0.05, 0) is 50.3 Å². The third kappa shape index (κ3) is 4.29. The number of rotatable bonds is 6. The van der Waals surface area contributed by atoms with E-state index in [4.69, 9.17) is 4.74 Å². The summed E-state index contributed by atoms with van der Waals surface area (Å²) in [6.07, 6.45) is 1.74. The summed E-state index contributed by atoms with van der Waals surface area (Å²) < 4.78 is 6.44. The minimum atomic E-state index is -0.414. The van der Waals surface area contributed by atoms with Crippen LogP contribution in [0.15, 0.2) is 58.3 Å². The van der Waals surface area contributed by atoms with Crippen LogP contribution in [0.2, 0.25) is 0 Å². The number of hydrogen-bond donors (Lipinski definition) is 2. The fourth-order valence-corrected chi connectivity index (χ4v) is 4.17. The second kappa shape index (κ2) is 8.61. The van der Waals surface area contributed by atoms with Gasteiger partial charge < -0.3 is 15.2 Å². The third-order valence-electron chi connectivity index (χ3n) is 4.79. The Morgan fingerprint density at radius 3 is 2.71 bits per heavy atom. The third-order valence-corrected chi connectivity index (χ3v) is 5.71. The van der Waals surface area contributed by atoms with Crippen LogP contribution in [-0.4, -0.2) is 27.9 Å². The summed E-state index contributed by atoms with van der Waals surface area (Å²) in [6.45, 7) is 4.04. The average Bonchev–Trinajstić information content (AvgIpc) is 3.20. The minimum absolute atomic E-state index is 0.235. The van der Waals surface area contributed by atoms with Gasteiger partial charge in [-0.1, -0.05) is 29.5 Å². The van der Waals surface area contributed by atoms with Crippen molar-refractivity contribution >= 4 is 46.0 Å². The number of nitrogens with one attached hydrogen (secondary N) is 1. The molecule has 0 bridgehead atoms. The fourth-order valence-electron chi connectivity index (χ4n) is 3.34. The lowest BCUT2D eigenvalue weighted by Crippen LogP contribution is -2.24. The van der Waals surface area contributed by atoms with Gasteiger partial charge in [-0.15, -0.1) is 0 Å². The topological polar surface area (TPSA) is 92.9 Å². The highest BCUT2D eigenvalue weighted by Crippen LogP contribution is 2.37. The fraction of sp³-hybridized carbons (Fsp3) is 0.174. The Balaban J connectivity index is 1.53. The Morgan fingerprint density at radius 2 is 1.97 bits per heavy atom. The Kier molecular flexibility index (Phi) is 5.73. The molecule has 1 aromatic heterocycles. The van der Waals surface area contributed by atoms with Crippen LogP contribution in [0.3, 0.4) is 0 Å². The number of aromatic hydroxyl groups is 1. The molecule has 0 fully saturated rings. The molecule has 2 aromatic carbocycles. The van der Waals surface area contributed by atoms with Crippen LogP contribution in [0.1, 0.15) is 24.3 Å². The Bertz CT molecular complexity index is 1250. The lowest BCUT2D eigenvalue weighted by molar-refractivity contribution is -0.116. The molecule has 0 saturated carbocycles. The molecule has 7 nitrogen and oxygen atoms in total. The molecule has 1 amide bonds. The number of hydrogen-bond acceptors (Lipinski definition) is 6. The standard InChI is InChI=1S/C23H21N3O4S/c1-3-30-16-10-8-15(9-11-16)25-21(27)13-26-22(28)20(31-23(26)29)12-18-14(2)24-19-7-5-4-6-17(18)19/h4-12,28H,3,13H2,1-2H3,(H,25,27)/b18-12-. The monoisotopic (exact) mass is 435 g/mol. The number of para-hydroxylation sites is 1. The zero-order valence-corrected chi connectivity index (χ0v) is 17.9. The summed E-state index contributed by atoms with van der Waals surface area (Å²) in [6, 6.07) is 14.6. The number of anilines is 1. The molecule has 0 spiro atoms. The maximum Gasteiger partial charge on any atom is 0.311 e. The molecule has 0 aliphatic carbocycles. The van der Waals surface area contributed by atoms with Crippen LogP contribution in [0.5, 0.6) is 11.6 Å². The van der Waals surface area contributed by atoms with Crippen LogP contribution in [0, 0.1) is 0 Å². The largest absolute Gasteiger partial charge is 0.494 e. The molecule has 1 aliphatic rings. The molecule has 2 N–H and O–H groups in total. The van der Waals surface area contributed by atoms with Crippen molar-refractivity contribution in [3.05, 3.63) is 68.6 Å². The summed E-state index contributed by atoms with van der Waals surface area (Å²) in [5, 5.41) is 13.3. The van der Waals surface area contributed by atoms with Gasteiger partial charge in [-0.3, -0.25) is 19.1 Å². The summed E-state index contributed by atoms with van der Waals surface area (Å²) in [4.78, 5) is 29.3. The summed E-state index contributed by atoms with van der Waals surface area (Å²) in [7, 11) is 0. The minimum Gasteiger partial charge on any atom is -0.494 e. The van der Waals surface area contributed by atoms with E-state index >= 15 is 0 Å². The molecule has 0 atom stereocenters. The van der Waals surface area contributed by atoms with Crippen LogP contribution in [0.4, 0.5) is 11.4 Å². The second-order valence-corrected chi connectivity index (χ2v) is 7.91. The van der Waals surface area contributed by atoms with Crippen LogP contribution in [-0.2, 0) is 11.3 Å². The number of thiazole rings is 1. The zero-order chi connectivity index (χ0) is 22.0. The van der Waals surface area contributed by atoms with E-state index in [1.54, 1.807) is 30.3 Å². The van der Waals surface area contributed by atoms with Gasteiger partial charge in [0.1, 0.15) is 12.3 Å². The van der Waals surface area contributed by atoms with Crippen molar-refractivity contribution in [2.75, 3.05) is 11.9 Å². The maximum atomic E-state index is 12.4. The van der Waals surface area contributed by atoms with Crippen molar-refractivity contribution in [3.8, 4) is 11.6 Å². The number of allylic oxidation sites excluding steroid dienone is 1. The number of aromatic nitrogens is 1. The van der Waals surface area contributed by atoms with E-state index in [1.807, 2.05) is 38.1 Å². The van der Waals surface area contributed by atoms with Gasteiger partial charge >= 0.3 is 4.87 Å². The van der Waals surface area contributed by atoms with E-state index in [2.05, 4.69) is 10.3 Å². The highest BCUT2D eigenvalue weighted by Gasteiger charge is 2.20. The predicted octanol–water partition coefficient (Wildman–Crippen LogP) is 4.30. The number of fused-ring (bicyclic) bond motifs is 1. The first kappa shape index (κ1) is 20.6. The van der Waals surface area contributed by atoms with E-state index in [0.717, 1.165) is 38.4 Å². The molecule has 0 saturated heterocycles. The van der Waals surface area contributed by atoms with Gasteiger partial charge in [0.25, 0.3) is 0 Å². The van der Waals surface area contributed by atoms with Crippen molar-refractivity contribution in [2.24, 2.45) is 4.99 Å². The first-order chi connectivity index (χ1) is 15.0. The lowest BCUT2D eigenvalue weighted by atomic mass is 10.0. The number of amides is 1. The van der Waals surface area contributed by atoms with Crippen LogP contribution < -0.4 is 14.9 Å². The van der Waals surface area contributed by atoms with Crippen molar-refractivity contribution in [2.45, 2.75) is 20.4 Å². The zero-order valence-electron chi connectivity index (χ0n) is 17.1. The molecule has 158 valence electrons. The normalized spacial score (nSPS) is 13.7. The van der Waals surface area contributed by atoms with E-state index in [9.17, 15) is 14.7 Å². The molecule has 31 heavy (non-hydrogen) atoms. The highest BCUT2D eigenvalue weighted by molar-refractivity contribution is 7.10. The number of ether oxygens (including phenoxy) is 1. The predicted molar refractivity (Wildman–Crippen MR) is 124 cm³/mol. The van der Waals surface area contributed by atoms with Gasteiger partial charge in [0.05, 0.1) is 17.2 Å². The van der Waals surface area contributed by atoms with Crippen molar-refractivity contribution < 1.29 is 14.6 Å². The number of nitrogens with zero attached hydrogens (tertiary/aromatic N) is 2. The van der Waals surface area contributed by atoms with Crippen molar-refractivity contribution in [1.82, 2.24) is 4.57 Å². The van der Waals surface area contributed by atoms with E-state index < -0.39 is 10.8 Å². The van der Waals surface area contributed by atoms with Crippen LogP contribution >= 0.6 is 11.3 Å². The average molecular weight is 436 g/mol. The van der Waals surface area contributed by atoms with Crippen molar-refractivity contribution in [1.29, 1.82) is 0 Å². The highest BCUT2D eigenvalue weighted by atomic mass is 32.1. The first-order valence-electron chi connectivity index (χ1n) is 9.78. The molecule has 3 aromatic rings. The van der Waals surface area contributed by atoms with E-state index in [0.29, 0.717) is 22.9 Å². The summed E-state index contributed by atoms with van der Waals surface area (Å²) in [5.41, 5.74) is 4.03. The smallest absolute Gasteiger partial charge is 0.311 e. The Hall–Kier alpha value is -3.65. The van der Waals surface area contributed by atoms with Gasteiger partial charge in [0.15, 0.2) is 0 Å². The first-order valence-corrected chi connectivity index (χ1v) is 10.6. The van der Waals surface area contributed by atoms with Gasteiger partial charge in [0.2, 0.25) is 11.8 Å². The molecule has 0 unspecified atom stereocenters. The molecule has 2 heterocycles. The summed E-state index contributed by atoms with van der Waals surface area (Å²) >= 11 is 0.890. The quantitative estimate of drug-likeness (QED) is 0.604. The lowest BCUT2D eigenvalue weighted by Gasteiger charge is -2.08. The second-order valence-electron chi connectivity index (χ2n) is 6.92. The van der Waals surface area contributed by atoms with Gasteiger partial charge in [-0.2, -0.15) is 0 Å². The van der Waals surface area contributed by atoms with Gasteiger partial charge in [-0.25, -0.2) is 0 Å². The maximum absolute atomic E-state index is 12.4. The number of carbonyl (C=O) groups is 1. The molecule has 1 aliphatic heterocycles. The molecular weight excluding hydrogens is 414 g/mol. The Labute approximate surface area is 183 Å². The molecule has 4 rings (SSSR count). The number of benzene rings is 2. The molecule has 8 heteroatoms. The van der Waals surface area contributed by atoms with E-state index in [1.165, 1.54) is 0 Å².